The summed E-state index contributed by atoms with van der Waals surface area (Å²) in [7, 11) is 0. The zero-order valence-electron chi connectivity index (χ0n) is 6.22. The highest BCUT2D eigenvalue weighted by Gasteiger charge is 1.97. The number of aryl methyl sites for hydroxylation is 1. The van der Waals surface area contributed by atoms with Crippen molar-refractivity contribution in [2.24, 2.45) is 0 Å². The molecule has 0 aliphatic carbocycles. The van der Waals surface area contributed by atoms with Gasteiger partial charge in [-0.15, -0.1) is 0 Å². The van der Waals surface area contributed by atoms with Gasteiger partial charge in [0.15, 0.2) is 4.64 Å². The van der Waals surface area contributed by atoms with E-state index >= 15 is 0 Å². The lowest BCUT2D eigenvalue weighted by Gasteiger charge is -1.96. The summed E-state index contributed by atoms with van der Waals surface area (Å²) >= 11 is 4.60. The number of halogens is 1. The molecular formula is C7H9FN2S. The van der Waals surface area contributed by atoms with Gasteiger partial charge in [-0.05, 0) is 6.42 Å². The molecule has 1 heterocycles. The smallest absolute Gasteiger partial charge is 0.248 e. The SMILES string of the molecule is CCCc1c[nH]c(=S)c(F)n1. The fourth-order valence-corrected chi connectivity index (χ4v) is 0.906. The van der Waals surface area contributed by atoms with E-state index in [1.807, 2.05) is 6.92 Å². The first-order valence-corrected chi connectivity index (χ1v) is 3.89. The van der Waals surface area contributed by atoms with E-state index < -0.39 is 5.95 Å². The predicted molar refractivity (Wildman–Crippen MR) is 43.4 cm³/mol. The standard InChI is InChI=1S/C7H9FN2S/c1-2-3-5-4-9-7(11)6(8)10-5/h4H,2-3H2,1H3,(H,9,11). The first kappa shape index (κ1) is 8.33. The van der Waals surface area contributed by atoms with Crippen LogP contribution in [0.15, 0.2) is 6.20 Å². The van der Waals surface area contributed by atoms with Gasteiger partial charge in [0.1, 0.15) is 0 Å². The molecule has 0 aromatic carbocycles. The van der Waals surface area contributed by atoms with Crippen molar-refractivity contribution in [3.8, 4) is 0 Å². The van der Waals surface area contributed by atoms with Crippen LogP contribution in [0.3, 0.4) is 0 Å². The summed E-state index contributed by atoms with van der Waals surface area (Å²) in [6.45, 7) is 2.02. The van der Waals surface area contributed by atoms with Crippen molar-refractivity contribution in [2.75, 3.05) is 0 Å². The van der Waals surface area contributed by atoms with Crippen LogP contribution in [-0.4, -0.2) is 9.97 Å². The van der Waals surface area contributed by atoms with Gasteiger partial charge < -0.3 is 4.98 Å². The number of nitrogens with zero attached hydrogens (tertiary/aromatic N) is 1. The van der Waals surface area contributed by atoms with Gasteiger partial charge in [0.05, 0.1) is 5.69 Å². The Hall–Kier alpha value is -0.770. The Kier molecular flexibility index (Phi) is 2.70. The lowest BCUT2D eigenvalue weighted by atomic mass is 10.3. The van der Waals surface area contributed by atoms with Crippen LogP contribution in [0.4, 0.5) is 4.39 Å². The molecule has 60 valence electrons. The average molecular weight is 172 g/mol. The third-order valence-electron chi connectivity index (χ3n) is 1.31. The summed E-state index contributed by atoms with van der Waals surface area (Å²) in [5.74, 6) is -0.578. The number of hydrogen-bond donors (Lipinski definition) is 1. The molecule has 0 atom stereocenters. The number of hydrogen-bond acceptors (Lipinski definition) is 2. The number of aromatic nitrogens is 2. The predicted octanol–water partition coefficient (Wildman–Crippen LogP) is 2.23. The van der Waals surface area contributed by atoms with E-state index in [9.17, 15) is 4.39 Å². The van der Waals surface area contributed by atoms with Crippen LogP contribution in [-0.2, 0) is 6.42 Å². The normalized spacial score (nSPS) is 10.0. The highest BCUT2D eigenvalue weighted by atomic mass is 32.1. The van der Waals surface area contributed by atoms with Crippen molar-refractivity contribution in [1.29, 1.82) is 0 Å². The Morgan fingerprint density at radius 1 is 1.73 bits per heavy atom. The van der Waals surface area contributed by atoms with Crippen LogP contribution in [0.2, 0.25) is 0 Å². The Labute approximate surface area is 69.5 Å². The number of rotatable bonds is 2. The first-order chi connectivity index (χ1) is 5.24. The van der Waals surface area contributed by atoms with E-state index in [4.69, 9.17) is 0 Å². The van der Waals surface area contributed by atoms with Gasteiger partial charge in [-0.2, -0.15) is 4.39 Å². The molecular weight excluding hydrogens is 163 g/mol. The van der Waals surface area contributed by atoms with Crippen LogP contribution in [0.1, 0.15) is 19.0 Å². The summed E-state index contributed by atoms with van der Waals surface area (Å²) in [6, 6.07) is 0. The summed E-state index contributed by atoms with van der Waals surface area (Å²) in [5.41, 5.74) is 0.721. The summed E-state index contributed by atoms with van der Waals surface area (Å²) in [4.78, 5) is 6.29. The minimum absolute atomic E-state index is 0.0739. The van der Waals surface area contributed by atoms with Gasteiger partial charge in [0.2, 0.25) is 5.95 Å². The average Bonchev–Trinajstić information content (AvgIpc) is 1.98. The fraction of sp³-hybridized carbons (Fsp3) is 0.429. The zero-order chi connectivity index (χ0) is 8.27. The van der Waals surface area contributed by atoms with Crippen molar-refractivity contribution in [2.45, 2.75) is 19.8 Å². The summed E-state index contributed by atoms with van der Waals surface area (Å²) in [5, 5.41) is 0. The molecule has 0 amide bonds. The molecule has 1 N–H and O–H groups in total. The van der Waals surface area contributed by atoms with E-state index in [-0.39, 0.29) is 4.64 Å². The number of aromatic amines is 1. The zero-order valence-corrected chi connectivity index (χ0v) is 7.04. The van der Waals surface area contributed by atoms with Crippen molar-refractivity contribution in [3.63, 3.8) is 0 Å². The monoisotopic (exact) mass is 172 g/mol. The second kappa shape index (κ2) is 3.57. The topological polar surface area (TPSA) is 28.7 Å². The van der Waals surface area contributed by atoms with E-state index in [0.717, 1.165) is 18.5 Å². The molecule has 0 unspecified atom stereocenters. The van der Waals surface area contributed by atoms with E-state index in [0.29, 0.717) is 0 Å². The second-order valence-corrected chi connectivity index (χ2v) is 2.67. The molecule has 0 aliphatic rings. The van der Waals surface area contributed by atoms with Crippen LogP contribution >= 0.6 is 12.2 Å². The van der Waals surface area contributed by atoms with Crippen molar-refractivity contribution in [3.05, 3.63) is 22.5 Å². The molecule has 0 saturated carbocycles. The third-order valence-corrected chi connectivity index (χ3v) is 1.59. The van der Waals surface area contributed by atoms with E-state index in [2.05, 4.69) is 22.2 Å². The second-order valence-electron chi connectivity index (χ2n) is 2.26. The Morgan fingerprint density at radius 3 is 3.00 bits per heavy atom. The maximum atomic E-state index is 12.7. The lowest BCUT2D eigenvalue weighted by Crippen LogP contribution is -1.95. The maximum absolute atomic E-state index is 12.7. The Balaban J connectivity index is 2.96. The molecule has 0 fully saturated rings. The van der Waals surface area contributed by atoms with Gasteiger partial charge >= 0.3 is 0 Å². The van der Waals surface area contributed by atoms with Gasteiger partial charge in [-0.1, -0.05) is 25.6 Å². The molecule has 0 aliphatic heterocycles. The fourth-order valence-electron chi connectivity index (χ4n) is 0.802. The van der Waals surface area contributed by atoms with Crippen LogP contribution in [0.25, 0.3) is 0 Å². The minimum atomic E-state index is -0.578. The van der Waals surface area contributed by atoms with Gasteiger partial charge in [0.25, 0.3) is 0 Å². The summed E-state index contributed by atoms with van der Waals surface area (Å²) < 4.78 is 12.7. The quantitative estimate of drug-likeness (QED) is 0.693. The number of H-pyrrole nitrogens is 1. The van der Waals surface area contributed by atoms with Gasteiger partial charge in [-0.25, -0.2) is 4.98 Å². The molecule has 1 aromatic heterocycles. The van der Waals surface area contributed by atoms with Crippen LogP contribution < -0.4 is 0 Å². The van der Waals surface area contributed by atoms with E-state index in [1.54, 1.807) is 6.20 Å². The molecule has 11 heavy (non-hydrogen) atoms. The largest absolute Gasteiger partial charge is 0.347 e. The number of nitrogens with one attached hydrogen (secondary N) is 1. The maximum Gasteiger partial charge on any atom is 0.248 e. The van der Waals surface area contributed by atoms with Gasteiger partial charge in [0, 0.05) is 6.20 Å². The molecule has 2 nitrogen and oxygen atoms in total. The molecule has 0 saturated heterocycles. The molecule has 1 aromatic rings. The highest BCUT2D eigenvalue weighted by Crippen LogP contribution is 1.99. The highest BCUT2D eigenvalue weighted by molar-refractivity contribution is 7.71. The Bertz CT molecular complexity index is 295. The molecule has 0 radical (unpaired) electrons. The van der Waals surface area contributed by atoms with Crippen molar-refractivity contribution < 1.29 is 4.39 Å². The molecule has 0 bridgehead atoms. The van der Waals surface area contributed by atoms with Gasteiger partial charge in [-0.3, -0.25) is 0 Å². The minimum Gasteiger partial charge on any atom is -0.347 e. The van der Waals surface area contributed by atoms with E-state index in [1.165, 1.54) is 0 Å². The lowest BCUT2D eigenvalue weighted by molar-refractivity contribution is 0.562. The molecule has 1 rings (SSSR count). The third kappa shape index (κ3) is 2.08. The Morgan fingerprint density at radius 2 is 2.45 bits per heavy atom. The molecule has 4 heteroatoms. The van der Waals surface area contributed by atoms with Crippen LogP contribution in [0.5, 0.6) is 0 Å². The summed E-state index contributed by atoms with van der Waals surface area (Å²) in [6.07, 6.45) is 3.38. The van der Waals surface area contributed by atoms with Crippen molar-refractivity contribution in [1.82, 2.24) is 9.97 Å². The van der Waals surface area contributed by atoms with Crippen LogP contribution in [0, 0.1) is 10.6 Å². The first-order valence-electron chi connectivity index (χ1n) is 3.48. The molecule has 0 spiro atoms. The van der Waals surface area contributed by atoms with Crippen molar-refractivity contribution >= 4 is 12.2 Å².